The molecule has 0 amide bonds. The van der Waals surface area contributed by atoms with Crippen LogP contribution in [0.3, 0.4) is 0 Å². The normalized spacial score (nSPS) is 16.8. The van der Waals surface area contributed by atoms with Crippen molar-refractivity contribution >= 4 is 35.6 Å². The van der Waals surface area contributed by atoms with Crippen molar-refractivity contribution in [3.8, 4) is 5.75 Å². The molecule has 1 unspecified atom stereocenters. The highest BCUT2D eigenvalue weighted by molar-refractivity contribution is 14.0. The van der Waals surface area contributed by atoms with Gasteiger partial charge in [-0.05, 0) is 25.5 Å². The summed E-state index contributed by atoms with van der Waals surface area (Å²) >= 11 is 0. The minimum absolute atomic E-state index is 0. The Kier molecular flexibility index (Phi) is 8.74. The molecule has 10 heteroatoms. The number of hydrogen-bond acceptors (Lipinski definition) is 5. The summed E-state index contributed by atoms with van der Waals surface area (Å²) in [6, 6.07) is 8.77. The topological polar surface area (TPSA) is 74.9 Å². The third-order valence-electron chi connectivity index (χ3n) is 4.19. The van der Waals surface area contributed by atoms with Gasteiger partial charge in [0.05, 0.1) is 12.2 Å². The van der Waals surface area contributed by atoms with Crippen molar-refractivity contribution < 1.29 is 18.0 Å². The van der Waals surface area contributed by atoms with Crippen LogP contribution in [0, 0.1) is 0 Å². The van der Waals surface area contributed by atoms with Gasteiger partial charge in [-0.1, -0.05) is 17.3 Å². The maximum atomic E-state index is 12.6. The molecule has 1 aromatic carbocycles. The Morgan fingerprint density at radius 1 is 1.39 bits per heavy atom. The monoisotopic (exact) mass is 507 g/mol. The van der Waals surface area contributed by atoms with Gasteiger partial charge in [0.2, 0.25) is 0 Å². The zero-order valence-electron chi connectivity index (χ0n) is 15.5. The molecule has 0 spiro atoms. The first-order valence-electron chi connectivity index (χ1n) is 8.88. The third kappa shape index (κ3) is 6.21. The second-order valence-electron chi connectivity index (χ2n) is 6.11. The molecular formula is C18H24F2IN5O2. The summed E-state index contributed by atoms with van der Waals surface area (Å²) < 4.78 is 34.7. The number of benzene rings is 1. The van der Waals surface area contributed by atoms with Crippen LogP contribution in [0.4, 0.5) is 14.5 Å². The van der Waals surface area contributed by atoms with E-state index in [2.05, 4.69) is 25.5 Å². The molecule has 2 aromatic rings. The van der Waals surface area contributed by atoms with Gasteiger partial charge >= 0.3 is 6.61 Å². The highest BCUT2D eigenvalue weighted by Crippen LogP contribution is 2.31. The predicted molar refractivity (Wildman–Crippen MR) is 114 cm³/mol. The number of hydrogen-bond donors (Lipinski definition) is 2. The summed E-state index contributed by atoms with van der Waals surface area (Å²) in [5.74, 6) is 0.879. The van der Waals surface area contributed by atoms with E-state index >= 15 is 0 Å². The number of guanidine groups is 1. The molecule has 0 radical (unpaired) electrons. The van der Waals surface area contributed by atoms with Crippen molar-refractivity contribution in [3.05, 3.63) is 42.3 Å². The van der Waals surface area contributed by atoms with Gasteiger partial charge in [-0.15, -0.1) is 24.0 Å². The van der Waals surface area contributed by atoms with Gasteiger partial charge in [-0.25, -0.2) is 4.99 Å². The first-order valence-corrected chi connectivity index (χ1v) is 8.88. The Morgan fingerprint density at radius 2 is 2.21 bits per heavy atom. The van der Waals surface area contributed by atoms with E-state index in [0.717, 1.165) is 25.2 Å². The highest BCUT2D eigenvalue weighted by Gasteiger charge is 2.26. The van der Waals surface area contributed by atoms with E-state index in [4.69, 9.17) is 4.52 Å². The van der Waals surface area contributed by atoms with Crippen LogP contribution in [0.2, 0.25) is 0 Å². The molecule has 0 saturated carbocycles. The van der Waals surface area contributed by atoms with Crippen LogP contribution < -0.4 is 20.3 Å². The lowest BCUT2D eigenvalue weighted by Crippen LogP contribution is -2.44. The molecule has 154 valence electrons. The predicted octanol–water partition coefficient (Wildman–Crippen LogP) is 3.23. The summed E-state index contributed by atoms with van der Waals surface area (Å²) in [4.78, 5) is 6.54. The molecule has 2 N–H and O–H groups in total. The number of halogens is 3. The number of nitrogens with zero attached hydrogens (tertiary/aromatic N) is 3. The first-order chi connectivity index (χ1) is 13.2. The Morgan fingerprint density at radius 3 is 2.93 bits per heavy atom. The van der Waals surface area contributed by atoms with Crippen LogP contribution in [0.15, 0.2) is 46.1 Å². The van der Waals surface area contributed by atoms with Gasteiger partial charge in [0, 0.05) is 31.7 Å². The number of ether oxygens (including phenoxy) is 1. The van der Waals surface area contributed by atoms with Crippen LogP contribution in [-0.4, -0.2) is 43.4 Å². The summed E-state index contributed by atoms with van der Waals surface area (Å²) in [7, 11) is 0. The van der Waals surface area contributed by atoms with Crippen molar-refractivity contribution in [3.63, 3.8) is 0 Å². The number of para-hydroxylation sites is 2. The third-order valence-corrected chi connectivity index (χ3v) is 4.19. The van der Waals surface area contributed by atoms with Gasteiger partial charge in [0.15, 0.2) is 5.96 Å². The number of anilines is 1. The molecule has 1 fully saturated rings. The molecule has 1 aromatic heterocycles. The van der Waals surface area contributed by atoms with Gasteiger partial charge in [0.1, 0.15) is 17.7 Å². The first kappa shape index (κ1) is 22.2. The second-order valence-corrected chi connectivity index (χ2v) is 6.11. The molecule has 1 saturated heterocycles. The van der Waals surface area contributed by atoms with Gasteiger partial charge in [-0.3, -0.25) is 0 Å². The minimum atomic E-state index is -2.84. The molecule has 0 aliphatic carbocycles. The van der Waals surface area contributed by atoms with E-state index in [0.29, 0.717) is 24.7 Å². The summed E-state index contributed by atoms with van der Waals surface area (Å²) in [6.07, 6.45) is 2.37. The number of nitrogens with one attached hydrogen (secondary N) is 2. The van der Waals surface area contributed by atoms with Crippen LogP contribution in [0.25, 0.3) is 0 Å². The van der Waals surface area contributed by atoms with Crippen molar-refractivity contribution in [2.75, 3.05) is 24.5 Å². The average molecular weight is 507 g/mol. The summed E-state index contributed by atoms with van der Waals surface area (Å²) in [5.41, 5.74) is 1.42. The van der Waals surface area contributed by atoms with Crippen molar-refractivity contribution in [1.29, 1.82) is 0 Å². The summed E-state index contributed by atoms with van der Waals surface area (Å²) in [6.45, 7) is 1.69. The fraction of sp³-hybridized carbons (Fsp3) is 0.444. The quantitative estimate of drug-likeness (QED) is 0.341. The van der Waals surface area contributed by atoms with Crippen LogP contribution in [0.5, 0.6) is 5.75 Å². The largest absolute Gasteiger partial charge is 0.433 e. The van der Waals surface area contributed by atoms with E-state index in [1.807, 2.05) is 17.9 Å². The molecule has 3 rings (SSSR count). The fourth-order valence-corrected chi connectivity index (χ4v) is 3.00. The lowest BCUT2D eigenvalue weighted by Gasteiger charge is -2.22. The lowest BCUT2D eigenvalue weighted by atomic mass is 10.2. The van der Waals surface area contributed by atoms with Crippen LogP contribution >= 0.6 is 24.0 Å². The van der Waals surface area contributed by atoms with Gasteiger partial charge < -0.3 is 24.8 Å². The lowest BCUT2D eigenvalue weighted by molar-refractivity contribution is -0.0495. The highest BCUT2D eigenvalue weighted by atomic mass is 127. The fourth-order valence-electron chi connectivity index (χ4n) is 3.00. The maximum Gasteiger partial charge on any atom is 0.387 e. The molecular weight excluding hydrogens is 483 g/mol. The Labute approximate surface area is 179 Å². The van der Waals surface area contributed by atoms with Crippen molar-refractivity contribution in [2.24, 2.45) is 4.99 Å². The molecule has 7 nitrogen and oxygen atoms in total. The van der Waals surface area contributed by atoms with E-state index in [1.165, 1.54) is 6.26 Å². The molecule has 28 heavy (non-hydrogen) atoms. The maximum absolute atomic E-state index is 12.6. The van der Waals surface area contributed by atoms with Crippen LogP contribution in [0.1, 0.15) is 19.0 Å². The molecule has 1 aliphatic rings. The minimum Gasteiger partial charge on any atom is -0.433 e. The van der Waals surface area contributed by atoms with Gasteiger partial charge in [0.25, 0.3) is 0 Å². The smallest absolute Gasteiger partial charge is 0.387 e. The zero-order valence-corrected chi connectivity index (χ0v) is 17.8. The molecule has 0 bridgehead atoms. The SMILES string of the molecule is CCNC(=NCc1ccon1)NC1CCN(c2ccccc2OC(F)F)C1.I. The Hall–Kier alpha value is -2.11. The van der Waals surface area contributed by atoms with E-state index in [1.54, 1.807) is 24.3 Å². The molecule has 1 aliphatic heterocycles. The number of aliphatic imine (C=N–C) groups is 1. The van der Waals surface area contributed by atoms with Gasteiger partial charge in [-0.2, -0.15) is 8.78 Å². The van der Waals surface area contributed by atoms with Crippen molar-refractivity contribution in [2.45, 2.75) is 32.5 Å². The number of aromatic nitrogens is 1. The van der Waals surface area contributed by atoms with E-state index < -0.39 is 6.61 Å². The summed E-state index contributed by atoms with van der Waals surface area (Å²) in [5, 5.41) is 10.4. The second kappa shape index (κ2) is 11.0. The Bertz CT molecular complexity index is 745. The molecule has 2 heterocycles. The zero-order chi connectivity index (χ0) is 19.1. The van der Waals surface area contributed by atoms with E-state index in [-0.39, 0.29) is 35.8 Å². The number of rotatable bonds is 7. The standard InChI is InChI=1S/C18H23F2N5O2.HI/c1-2-21-18(22-11-13-8-10-26-24-13)23-14-7-9-25(12-14)15-5-3-4-6-16(15)27-17(19)20;/h3-6,8,10,14,17H,2,7,9,11-12H2,1H3,(H2,21,22,23);1H. The van der Waals surface area contributed by atoms with E-state index in [9.17, 15) is 8.78 Å². The molecule has 1 atom stereocenters. The average Bonchev–Trinajstić information content (AvgIpc) is 3.32. The Balaban J connectivity index is 0.00000280. The van der Waals surface area contributed by atoms with Crippen LogP contribution in [-0.2, 0) is 6.54 Å². The number of alkyl halides is 2. The van der Waals surface area contributed by atoms with Crippen molar-refractivity contribution in [1.82, 2.24) is 15.8 Å².